The Morgan fingerprint density at radius 3 is 2.72 bits per heavy atom. The Labute approximate surface area is 175 Å². The standard InChI is InChI=1S/C21H36N4O3S/c1-4-22-21(24-15-19-17-25(12-13-28-19)16-18(2)3)23-11-8-14-29(26,27)20-9-6-5-7-10-20/h5-7,9-10,18-19H,4,8,11-17H2,1-3H3,(H2,22,23,24). The number of nitrogens with zero attached hydrogens (tertiary/aromatic N) is 2. The molecule has 0 saturated carbocycles. The van der Waals surface area contributed by atoms with E-state index in [1.54, 1.807) is 24.3 Å². The molecule has 1 aromatic carbocycles. The van der Waals surface area contributed by atoms with Gasteiger partial charge < -0.3 is 15.4 Å². The van der Waals surface area contributed by atoms with Crippen molar-refractivity contribution in [3.05, 3.63) is 30.3 Å². The molecule has 0 aromatic heterocycles. The number of sulfone groups is 1. The molecule has 0 radical (unpaired) electrons. The van der Waals surface area contributed by atoms with Crippen molar-refractivity contribution in [2.75, 3.05) is 51.6 Å². The Morgan fingerprint density at radius 2 is 2.03 bits per heavy atom. The molecule has 1 aromatic rings. The molecule has 0 amide bonds. The van der Waals surface area contributed by atoms with Crippen molar-refractivity contribution in [1.82, 2.24) is 15.5 Å². The third-order valence-corrected chi connectivity index (χ3v) is 6.44. The number of guanidine groups is 1. The average molecular weight is 425 g/mol. The fraction of sp³-hybridized carbons (Fsp3) is 0.667. The number of nitrogens with one attached hydrogen (secondary N) is 2. The summed E-state index contributed by atoms with van der Waals surface area (Å²) in [5.74, 6) is 1.46. The van der Waals surface area contributed by atoms with Crippen LogP contribution in [0, 0.1) is 5.92 Å². The second-order valence-corrected chi connectivity index (χ2v) is 9.89. The van der Waals surface area contributed by atoms with E-state index >= 15 is 0 Å². The number of benzene rings is 1. The Kier molecular flexibility index (Phi) is 9.90. The van der Waals surface area contributed by atoms with Crippen molar-refractivity contribution in [2.24, 2.45) is 10.9 Å². The van der Waals surface area contributed by atoms with Crippen LogP contribution in [0.4, 0.5) is 0 Å². The van der Waals surface area contributed by atoms with Crippen LogP contribution in [0.2, 0.25) is 0 Å². The van der Waals surface area contributed by atoms with Crippen LogP contribution in [0.5, 0.6) is 0 Å². The molecule has 29 heavy (non-hydrogen) atoms. The molecule has 1 saturated heterocycles. The van der Waals surface area contributed by atoms with Crippen molar-refractivity contribution in [3.63, 3.8) is 0 Å². The molecule has 0 aliphatic carbocycles. The van der Waals surface area contributed by atoms with E-state index in [0.29, 0.717) is 36.3 Å². The van der Waals surface area contributed by atoms with E-state index < -0.39 is 9.84 Å². The topological polar surface area (TPSA) is 83.0 Å². The first-order valence-corrected chi connectivity index (χ1v) is 12.2. The summed E-state index contributed by atoms with van der Waals surface area (Å²) in [7, 11) is -3.24. The monoisotopic (exact) mass is 424 g/mol. The highest BCUT2D eigenvalue weighted by atomic mass is 32.2. The predicted molar refractivity (Wildman–Crippen MR) is 118 cm³/mol. The van der Waals surface area contributed by atoms with Gasteiger partial charge in [-0.05, 0) is 31.4 Å². The SMILES string of the molecule is CCNC(=NCC1CN(CC(C)C)CCO1)NCCCS(=O)(=O)c1ccccc1. The zero-order valence-electron chi connectivity index (χ0n) is 17.9. The minimum absolute atomic E-state index is 0.0939. The van der Waals surface area contributed by atoms with Gasteiger partial charge in [0, 0.05) is 32.7 Å². The van der Waals surface area contributed by atoms with Gasteiger partial charge in [0.15, 0.2) is 15.8 Å². The fourth-order valence-corrected chi connectivity index (χ4v) is 4.65. The zero-order chi connectivity index (χ0) is 21.1. The van der Waals surface area contributed by atoms with E-state index in [1.165, 1.54) is 0 Å². The van der Waals surface area contributed by atoms with Crippen LogP contribution >= 0.6 is 0 Å². The number of hydrogen-bond donors (Lipinski definition) is 2. The Balaban J connectivity index is 1.78. The van der Waals surface area contributed by atoms with Gasteiger partial charge in [-0.25, -0.2) is 8.42 Å². The summed E-state index contributed by atoms with van der Waals surface area (Å²) >= 11 is 0. The lowest BCUT2D eigenvalue weighted by molar-refractivity contribution is -0.0261. The van der Waals surface area contributed by atoms with Gasteiger partial charge in [0.1, 0.15) is 0 Å². The van der Waals surface area contributed by atoms with Crippen LogP contribution in [-0.4, -0.2) is 77.0 Å². The van der Waals surface area contributed by atoms with Gasteiger partial charge >= 0.3 is 0 Å². The number of ether oxygens (including phenoxy) is 1. The van der Waals surface area contributed by atoms with E-state index in [1.807, 2.05) is 13.0 Å². The first-order chi connectivity index (χ1) is 13.9. The summed E-state index contributed by atoms with van der Waals surface area (Å²) in [6.45, 7) is 12.1. The van der Waals surface area contributed by atoms with Crippen LogP contribution in [-0.2, 0) is 14.6 Å². The third kappa shape index (κ3) is 8.72. The highest BCUT2D eigenvalue weighted by Gasteiger charge is 2.20. The first-order valence-electron chi connectivity index (χ1n) is 10.5. The van der Waals surface area contributed by atoms with E-state index in [4.69, 9.17) is 4.74 Å². The minimum atomic E-state index is -3.24. The molecule has 2 N–H and O–H groups in total. The van der Waals surface area contributed by atoms with Crippen molar-refractivity contribution >= 4 is 15.8 Å². The molecule has 7 nitrogen and oxygen atoms in total. The molecule has 1 aliphatic heterocycles. The summed E-state index contributed by atoms with van der Waals surface area (Å²) in [5, 5.41) is 6.45. The molecular weight excluding hydrogens is 388 g/mol. The van der Waals surface area contributed by atoms with Gasteiger partial charge in [-0.2, -0.15) is 0 Å². The molecule has 1 fully saturated rings. The predicted octanol–water partition coefficient (Wildman–Crippen LogP) is 1.76. The van der Waals surface area contributed by atoms with Crippen LogP contribution in [0.3, 0.4) is 0 Å². The zero-order valence-corrected chi connectivity index (χ0v) is 18.7. The molecule has 0 bridgehead atoms. The Bertz CT molecular complexity index is 723. The molecule has 8 heteroatoms. The molecular formula is C21H36N4O3S. The fourth-order valence-electron chi connectivity index (χ4n) is 3.32. The number of rotatable bonds is 10. The minimum Gasteiger partial charge on any atom is -0.374 e. The summed E-state index contributed by atoms with van der Waals surface area (Å²) in [6.07, 6.45) is 0.611. The van der Waals surface area contributed by atoms with Crippen LogP contribution in [0.25, 0.3) is 0 Å². The van der Waals surface area contributed by atoms with Crippen LogP contribution in [0.1, 0.15) is 27.2 Å². The van der Waals surface area contributed by atoms with Crippen molar-refractivity contribution in [3.8, 4) is 0 Å². The smallest absolute Gasteiger partial charge is 0.191 e. The maximum absolute atomic E-state index is 12.3. The molecule has 2 rings (SSSR count). The maximum atomic E-state index is 12.3. The summed E-state index contributed by atoms with van der Waals surface area (Å²) < 4.78 is 30.5. The van der Waals surface area contributed by atoms with Crippen LogP contribution in [0.15, 0.2) is 40.2 Å². The molecule has 1 unspecified atom stereocenters. The Morgan fingerprint density at radius 1 is 1.28 bits per heavy atom. The second kappa shape index (κ2) is 12.1. The molecule has 0 spiro atoms. The van der Waals surface area contributed by atoms with Gasteiger partial charge in [0.2, 0.25) is 0 Å². The quantitative estimate of drug-likeness (QED) is 0.338. The second-order valence-electron chi connectivity index (χ2n) is 7.78. The molecule has 1 heterocycles. The summed E-state index contributed by atoms with van der Waals surface area (Å²) in [5.41, 5.74) is 0. The van der Waals surface area contributed by atoms with Gasteiger partial charge in [-0.3, -0.25) is 9.89 Å². The number of hydrogen-bond acceptors (Lipinski definition) is 5. The number of morpholine rings is 1. The van der Waals surface area contributed by atoms with E-state index in [-0.39, 0.29) is 11.9 Å². The van der Waals surface area contributed by atoms with Crippen molar-refractivity contribution in [2.45, 2.75) is 38.2 Å². The lowest BCUT2D eigenvalue weighted by Crippen LogP contribution is -2.46. The lowest BCUT2D eigenvalue weighted by atomic mass is 10.2. The van der Waals surface area contributed by atoms with Gasteiger partial charge in [0.05, 0.1) is 29.9 Å². The highest BCUT2D eigenvalue weighted by molar-refractivity contribution is 7.91. The van der Waals surface area contributed by atoms with Gasteiger partial charge in [-0.1, -0.05) is 32.0 Å². The third-order valence-electron chi connectivity index (χ3n) is 4.63. The molecule has 1 aliphatic rings. The maximum Gasteiger partial charge on any atom is 0.191 e. The number of aliphatic imine (C=N–C) groups is 1. The molecule has 164 valence electrons. The Hall–Kier alpha value is -1.64. The van der Waals surface area contributed by atoms with E-state index in [9.17, 15) is 8.42 Å². The van der Waals surface area contributed by atoms with E-state index in [0.717, 1.165) is 32.8 Å². The van der Waals surface area contributed by atoms with Gasteiger partial charge in [-0.15, -0.1) is 0 Å². The van der Waals surface area contributed by atoms with Crippen molar-refractivity contribution in [1.29, 1.82) is 0 Å². The highest BCUT2D eigenvalue weighted by Crippen LogP contribution is 2.11. The van der Waals surface area contributed by atoms with Gasteiger partial charge in [0.25, 0.3) is 0 Å². The average Bonchev–Trinajstić information content (AvgIpc) is 2.70. The summed E-state index contributed by atoms with van der Waals surface area (Å²) in [6, 6.07) is 8.59. The van der Waals surface area contributed by atoms with Crippen molar-refractivity contribution < 1.29 is 13.2 Å². The van der Waals surface area contributed by atoms with Crippen LogP contribution < -0.4 is 10.6 Å². The first kappa shape index (κ1) is 23.6. The lowest BCUT2D eigenvalue weighted by Gasteiger charge is -2.33. The largest absolute Gasteiger partial charge is 0.374 e. The van der Waals surface area contributed by atoms with E-state index in [2.05, 4.69) is 34.4 Å². The normalized spacial score (nSPS) is 18.8. The molecule has 1 atom stereocenters. The summed E-state index contributed by atoms with van der Waals surface area (Å²) in [4.78, 5) is 7.45.